The quantitative estimate of drug-likeness (QED) is 0.867. The second kappa shape index (κ2) is 5.68. The van der Waals surface area contributed by atoms with Gasteiger partial charge in [0.05, 0.1) is 5.41 Å². The van der Waals surface area contributed by atoms with E-state index in [4.69, 9.17) is 10.3 Å². The molecule has 0 fully saturated rings. The molecule has 2 rings (SSSR count). The average Bonchev–Trinajstić information content (AvgIpc) is 2.88. The van der Waals surface area contributed by atoms with Crippen LogP contribution in [0.1, 0.15) is 26.2 Å². The van der Waals surface area contributed by atoms with E-state index in [1.165, 1.54) is 0 Å². The van der Waals surface area contributed by atoms with Gasteiger partial charge in [0, 0.05) is 21.7 Å². The third-order valence-electron chi connectivity index (χ3n) is 3.19. The van der Waals surface area contributed by atoms with Gasteiger partial charge in [0.2, 0.25) is 11.7 Å². The molecule has 0 amide bonds. The molecule has 0 aliphatic heterocycles. The van der Waals surface area contributed by atoms with Gasteiger partial charge in [-0.15, -0.1) is 0 Å². The summed E-state index contributed by atoms with van der Waals surface area (Å²) in [5.41, 5.74) is 6.14. The van der Waals surface area contributed by atoms with Gasteiger partial charge in [0.25, 0.3) is 0 Å². The third kappa shape index (κ3) is 2.88. The summed E-state index contributed by atoms with van der Waals surface area (Å²) in [6.07, 6.45) is 2.53. The van der Waals surface area contributed by atoms with Crippen LogP contribution >= 0.6 is 31.9 Å². The molecule has 2 heterocycles. The van der Waals surface area contributed by atoms with Crippen LogP contribution in [0.2, 0.25) is 0 Å². The predicted octanol–water partition coefficient (Wildman–Crippen LogP) is 3.28. The molecule has 1 atom stereocenters. The van der Waals surface area contributed by atoms with Crippen LogP contribution in [0.3, 0.4) is 0 Å². The SMILES string of the molecule is CCC(C)(CN)c1nc(-c2ncc(Br)cc2Br)no1. The van der Waals surface area contributed by atoms with Crippen molar-refractivity contribution in [1.82, 2.24) is 15.1 Å². The normalized spacial score (nSPS) is 14.4. The fraction of sp³-hybridized carbons (Fsp3) is 0.417. The lowest BCUT2D eigenvalue weighted by molar-refractivity contribution is 0.291. The molecular formula is C12H14Br2N4O. The monoisotopic (exact) mass is 388 g/mol. The molecule has 102 valence electrons. The summed E-state index contributed by atoms with van der Waals surface area (Å²) >= 11 is 6.79. The zero-order valence-corrected chi connectivity index (χ0v) is 13.8. The van der Waals surface area contributed by atoms with E-state index in [9.17, 15) is 0 Å². The van der Waals surface area contributed by atoms with E-state index in [-0.39, 0.29) is 5.41 Å². The number of hydrogen-bond acceptors (Lipinski definition) is 5. The van der Waals surface area contributed by atoms with E-state index < -0.39 is 0 Å². The fourth-order valence-corrected chi connectivity index (χ4v) is 2.69. The van der Waals surface area contributed by atoms with E-state index >= 15 is 0 Å². The number of nitrogens with zero attached hydrogens (tertiary/aromatic N) is 3. The summed E-state index contributed by atoms with van der Waals surface area (Å²) in [5.74, 6) is 1.01. The Morgan fingerprint density at radius 3 is 2.74 bits per heavy atom. The van der Waals surface area contributed by atoms with Crippen LogP contribution < -0.4 is 5.73 Å². The first-order valence-corrected chi connectivity index (χ1v) is 7.44. The van der Waals surface area contributed by atoms with Gasteiger partial charge in [-0.25, -0.2) is 0 Å². The van der Waals surface area contributed by atoms with Gasteiger partial charge in [0.15, 0.2) is 0 Å². The predicted molar refractivity (Wildman–Crippen MR) is 79.6 cm³/mol. The molecule has 0 saturated carbocycles. The highest BCUT2D eigenvalue weighted by Crippen LogP contribution is 2.30. The van der Waals surface area contributed by atoms with Crippen molar-refractivity contribution in [3.63, 3.8) is 0 Å². The number of pyridine rings is 1. The summed E-state index contributed by atoms with van der Waals surface area (Å²) in [6, 6.07) is 1.89. The van der Waals surface area contributed by atoms with Gasteiger partial charge in [-0.1, -0.05) is 12.1 Å². The Morgan fingerprint density at radius 2 is 2.16 bits per heavy atom. The minimum absolute atomic E-state index is 0.299. The van der Waals surface area contributed by atoms with Gasteiger partial charge < -0.3 is 10.3 Å². The zero-order chi connectivity index (χ0) is 14.0. The third-order valence-corrected chi connectivity index (χ3v) is 4.23. The Kier molecular flexibility index (Phi) is 4.37. The van der Waals surface area contributed by atoms with Crippen molar-refractivity contribution in [2.75, 3.05) is 6.54 Å². The van der Waals surface area contributed by atoms with Crippen molar-refractivity contribution in [2.45, 2.75) is 25.7 Å². The Balaban J connectivity index is 2.41. The van der Waals surface area contributed by atoms with E-state index in [1.54, 1.807) is 6.20 Å². The first-order chi connectivity index (χ1) is 9.00. The molecule has 2 N–H and O–H groups in total. The molecule has 0 spiro atoms. The molecule has 5 nitrogen and oxygen atoms in total. The highest BCUT2D eigenvalue weighted by Gasteiger charge is 2.30. The molecule has 0 aliphatic carbocycles. The number of nitrogens with two attached hydrogens (primary N) is 1. The van der Waals surface area contributed by atoms with Crippen LogP contribution in [0.25, 0.3) is 11.5 Å². The number of hydrogen-bond donors (Lipinski definition) is 1. The molecule has 0 aliphatic rings. The number of halogens is 2. The van der Waals surface area contributed by atoms with E-state index in [1.807, 2.05) is 19.9 Å². The summed E-state index contributed by atoms with van der Waals surface area (Å²) in [4.78, 5) is 8.70. The minimum Gasteiger partial charge on any atom is -0.338 e. The van der Waals surface area contributed by atoms with Gasteiger partial charge in [-0.2, -0.15) is 4.98 Å². The number of rotatable bonds is 4. The molecule has 0 saturated heterocycles. The van der Waals surface area contributed by atoms with Crippen molar-refractivity contribution < 1.29 is 4.52 Å². The summed E-state index contributed by atoms with van der Waals surface area (Å²) < 4.78 is 7.02. The summed E-state index contributed by atoms with van der Waals surface area (Å²) in [7, 11) is 0. The standard InChI is InChI=1S/C12H14Br2N4O/c1-3-12(2,6-15)11-17-10(18-19-11)9-8(14)4-7(13)5-16-9/h4-5H,3,6,15H2,1-2H3. The van der Waals surface area contributed by atoms with Crippen LogP contribution in [-0.2, 0) is 5.41 Å². The highest BCUT2D eigenvalue weighted by atomic mass is 79.9. The van der Waals surface area contributed by atoms with Crippen LogP contribution in [0.15, 0.2) is 25.7 Å². The Morgan fingerprint density at radius 1 is 1.42 bits per heavy atom. The zero-order valence-electron chi connectivity index (χ0n) is 10.7. The molecular weight excluding hydrogens is 376 g/mol. The minimum atomic E-state index is -0.299. The summed E-state index contributed by atoms with van der Waals surface area (Å²) in [6.45, 7) is 4.51. The van der Waals surface area contributed by atoms with Crippen LogP contribution in [0, 0.1) is 0 Å². The van der Waals surface area contributed by atoms with Crippen molar-refractivity contribution in [1.29, 1.82) is 0 Å². The maximum absolute atomic E-state index is 5.79. The Hall–Kier alpha value is -0.790. The van der Waals surface area contributed by atoms with E-state index in [2.05, 4.69) is 47.0 Å². The fourth-order valence-electron chi connectivity index (χ4n) is 1.53. The molecule has 0 bridgehead atoms. The molecule has 2 aromatic heterocycles. The highest BCUT2D eigenvalue weighted by molar-refractivity contribution is 9.11. The number of aromatic nitrogens is 3. The first kappa shape index (κ1) is 14.6. The second-order valence-corrected chi connectivity index (χ2v) is 6.30. The molecule has 0 aromatic carbocycles. The van der Waals surface area contributed by atoms with E-state index in [0.717, 1.165) is 15.4 Å². The smallest absolute Gasteiger partial charge is 0.234 e. The lowest BCUT2D eigenvalue weighted by atomic mass is 9.88. The Labute approximate surface area is 128 Å². The lowest BCUT2D eigenvalue weighted by Gasteiger charge is -2.20. The molecule has 19 heavy (non-hydrogen) atoms. The summed E-state index contributed by atoms with van der Waals surface area (Å²) in [5, 5.41) is 3.99. The van der Waals surface area contributed by atoms with Crippen molar-refractivity contribution in [3.05, 3.63) is 27.1 Å². The van der Waals surface area contributed by atoms with Crippen LogP contribution in [-0.4, -0.2) is 21.7 Å². The van der Waals surface area contributed by atoms with Crippen LogP contribution in [0.4, 0.5) is 0 Å². The maximum Gasteiger partial charge on any atom is 0.234 e. The molecule has 7 heteroatoms. The largest absolute Gasteiger partial charge is 0.338 e. The van der Waals surface area contributed by atoms with Gasteiger partial charge >= 0.3 is 0 Å². The Bertz CT molecular complexity index is 581. The maximum atomic E-state index is 5.79. The lowest BCUT2D eigenvalue weighted by Crippen LogP contribution is -2.31. The second-order valence-electron chi connectivity index (χ2n) is 4.53. The average molecular weight is 390 g/mol. The van der Waals surface area contributed by atoms with Crippen LogP contribution in [0.5, 0.6) is 0 Å². The molecule has 2 aromatic rings. The van der Waals surface area contributed by atoms with Crippen molar-refractivity contribution >= 4 is 31.9 Å². The topological polar surface area (TPSA) is 77.8 Å². The van der Waals surface area contributed by atoms with Gasteiger partial charge in [-0.3, -0.25) is 4.98 Å². The van der Waals surface area contributed by atoms with Gasteiger partial charge in [0.1, 0.15) is 5.69 Å². The molecule has 1 unspecified atom stereocenters. The first-order valence-electron chi connectivity index (χ1n) is 5.86. The molecule has 0 radical (unpaired) electrons. The van der Waals surface area contributed by atoms with Gasteiger partial charge in [-0.05, 0) is 51.3 Å². The van der Waals surface area contributed by atoms with Crippen molar-refractivity contribution in [3.8, 4) is 11.5 Å². The van der Waals surface area contributed by atoms with E-state index in [0.29, 0.717) is 24.0 Å². The van der Waals surface area contributed by atoms with Crippen molar-refractivity contribution in [2.24, 2.45) is 5.73 Å².